The minimum Gasteiger partial charge on any atom is -0.319 e. The molecule has 2 aromatic heterocycles. The van der Waals surface area contributed by atoms with Crippen LogP contribution in [0.2, 0.25) is 0 Å². The number of aromatic nitrogens is 3. The molecule has 0 radical (unpaired) electrons. The number of hydrogen-bond donors (Lipinski definition) is 0. The summed E-state index contributed by atoms with van der Waals surface area (Å²) >= 11 is 1.37. The van der Waals surface area contributed by atoms with Gasteiger partial charge in [-0.2, -0.15) is 0 Å². The van der Waals surface area contributed by atoms with E-state index in [2.05, 4.69) is 64.4 Å². The monoisotopic (exact) mass is 255 g/mol. The molecule has 0 saturated carbocycles. The number of benzene rings is 1. The van der Waals surface area contributed by atoms with E-state index in [9.17, 15) is 0 Å². The van der Waals surface area contributed by atoms with Gasteiger partial charge in [0.25, 0.3) is 0 Å². The van der Waals surface area contributed by atoms with Gasteiger partial charge in [-0.3, -0.25) is 0 Å². The molecule has 0 aliphatic rings. The largest absolute Gasteiger partial charge is 0.319 e. The van der Waals surface area contributed by atoms with Gasteiger partial charge in [-0.1, -0.05) is 16.6 Å². The van der Waals surface area contributed by atoms with Crippen molar-refractivity contribution in [2.24, 2.45) is 0 Å². The molecule has 0 spiro atoms. The van der Waals surface area contributed by atoms with Gasteiger partial charge in [0.1, 0.15) is 5.69 Å². The molecule has 1 aromatic carbocycles. The van der Waals surface area contributed by atoms with Crippen molar-refractivity contribution in [3.05, 3.63) is 53.2 Å². The van der Waals surface area contributed by atoms with E-state index in [1.165, 1.54) is 28.6 Å². The minimum absolute atomic E-state index is 0.938. The maximum Gasteiger partial charge on any atom is 0.105 e. The fourth-order valence-electron chi connectivity index (χ4n) is 2.15. The van der Waals surface area contributed by atoms with Crippen LogP contribution in [0.4, 0.5) is 0 Å². The Kier molecular flexibility index (Phi) is 2.72. The third-order valence-electron chi connectivity index (χ3n) is 3.05. The lowest BCUT2D eigenvalue weighted by atomic mass is 10.1. The van der Waals surface area contributed by atoms with Crippen molar-refractivity contribution in [2.45, 2.75) is 13.8 Å². The van der Waals surface area contributed by atoms with Gasteiger partial charge >= 0.3 is 0 Å². The van der Waals surface area contributed by atoms with Crippen LogP contribution in [0, 0.1) is 13.8 Å². The van der Waals surface area contributed by atoms with Crippen LogP contribution in [-0.4, -0.2) is 14.2 Å². The molecule has 3 aromatic rings. The topological polar surface area (TPSA) is 30.7 Å². The number of aryl methyl sites for hydroxylation is 2. The molecule has 4 heteroatoms. The Bertz CT molecular complexity index is 631. The molecule has 0 amide bonds. The summed E-state index contributed by atoms with van der Waals surface area (Å²) in [6.45, 7) is 4.23. The van der Waals surface area contributed by atoms with Crippen LogP contribution < -0.4 is 0 Å². The summed E-state index contributed by atoms with van der Waals surface area (Å²) in [5.41, 5.74) is 5.72. The van der Waals surface area contributed by atoms with Crippen molar-refractivity contribution in [2.75, 3.05) is 0 Å². The summed E-state index contributed by atoms with van der Waals surface area (Å²) < 4.78 is 6.12. The molecule has 0 unspecified atom stereocenters. The Hall–Kier alpha value is -1.94. The molecular formula is C14H13N3S. The molecular weight excluding hydrogens is 242 g/mol. The maximum atomic E-state index is 4.08. The highest BCUT2D eigenvalue weighted by Crippen LogP contribution is 2.21. The molecule has 0 aliphatic heterocycles. The van der Waals surface area contributed by atoms with Crippen molar-refractivity contribution in [1.29, 1.82) is 0 Å². The van der Waals surface area contributed by atoms with Crippen LogP contribution in [0.5, 0.6) is 0 Å². The summed E-state index contributed by atoms with van der Waals surface area (Å²) in [5, 5.41) is 6.04. The molecule has 3 nitrogen and oxygen atoms in total. The molecule has 0 fully saturated rings. The average molecular weight is 255 g/mol. The summed E-state index contributed by atoms with van der Waals surface area (Å²) in [7, 11) is 0. The highest BCUT2D eigenvalue weighted by molar-refractivity contribution is 7.03. The molecule has 90 valence electrons. The second kappa shape index (κ2) is 4.38. The van der Waals surface area contributed by atoms with Crippen molar-refractivity contribution in [3.8, 4) is 16.9 Å². The zero-order valence-corrected chi connectivity index (χ0v) is 11.1. The molecule has 0 atom stereocenters. The van der Waals surface area contributed by atoms with E-state index in [0.717, 1.165) is 11.3 Å². The summed E-state index contributed by atoms with van der Waals surface area (Å²) in [5.74, 6) is 0. The molecule has 0 N–H and O–H groups in total. The molecule has 18 heavy (non-hydrogen) atoms. The summed E-state index contributed by atoms with van der Waals surface area (Å²) in [4.78, 5) is 0. The Labute approximate surface area is 110 Å². The van der Waals surface area contributed by atoms with E-state index < -0.39 is 0 Å². The number of rotatable bonds is 2. The molecule has 0 aliphatic carbocycles. The summed E-state index contributed by atoms with van der Waals surface area (Å²) in [6.07, 6.45) is 0. The standard InChI is InChI=1S/C14H13N3S/c1-10-3-4-11(2)17(10)13-7-5-12(6-8-13)14-9-18-16-15-14/h3-9H,1-2H3. The average Bonchev–Trinajstić information content (AvgIpc) is 3.01. The lowest BCUT2D eigenvalue weighted by Crippen LogP contribution is -1.98. The van der Waals surface area contributed by atoms with Crippen LogP contribution in [-0.2, 0) is 0 Å². The number of nitrogens with zero attached hydrogens (tertiary/aromatic N) is 3. The second-order valence-corrected chi connectivity index (χ2v) is 4.90. The van der Waals surface area contributed by atoms with Gasteiger partial charge in [0.2, 0.25) is 0 Å². The third-order valence-corrected chi connectivity index (χ3v) is 3.56. The van der Waals surface area contributed by atoms with E-state index in [0.29, 0.717) is 0 Å². The fourth-order valence-corrected chi connectivity index (χ4v) is 2.61. The Morgan fingerprint density at radius 2 is 1.61 bits per heavy atom. The first-order chi connectivity index (χ1) is 8.75. The van der Waals surface area contributed by atoms with Crippen LogP contribution in [0.1, 0.15) is 11.4 Å². The van der Waals surface area contributed by atoms with Crippen molar-refractivity contribution < 1.29 is 0 Å². The van der Waals surface area contributed by atoms with Crippen molar-refractivity contribution >= 4 is 11.5 Å². The fraction of sp³-hybridized carbons (Fsp3) is 0.143. The van der Waals surface area contributed by atoms with E-state index in [-0.39, 0.29) is 0 Å². The number of hydrogen-bond acceptors (Lipinski definition) is 3. The first-order valence-electron chi connectivity index (χ1n) is 5.78. The smallest absolute Gasteiger partial charge is 0.105 e. The maximum absolute atomic E-state index is 4.08. The quantitative estimate of drug-likeness (QED) is 0.700. The first-order valence-corrected chi connectivity index (χ1v) is 6.62. The molecule has 2 heterocycles. The summed E-state index contributed by atoms with van der Waals surface area (Å²) in [6, 6.07) is 12.7. The molecule has 0 saturated heterocycles. The first kappa shape index (κ1) is 11.2. The van der Waals surface area contributed by atoms with Gasteiger partial charge in [-0.25, -0.2) is 0 Å². The van der Waals surface area contributed by atoms with E-state index >= 15 is 0 Å². The zero-order valence-electron chi connectivity index (χ0n) is 10.3. The van der Waals surface area contributed by atoms with Gasteiger partial charge < -0.3 is 4.57 Å². The van der Waals surface area contributed by atoms with Crippen LogP contribution in [0.25, 0.3) is 16.9 Å². The van der Waals surface area contributed by atoms with Gasteiger partial charge in [-0.05, 0) is 49.6 Å². The SMILES string of the molecule is Cc1ccc(C)n1-c1ccc(-c2csnn2)cc1. The lowest BCUT2D eigenvalue weighted by Gasteiger charge is -2.09. The molecule has 0 bridgehead atoms. The van der Waals surface area contributed by atoms with Crippen LogP contribution >= 0.6 is 11.5 Å². The van der Waals surface area contributed by atoms with Crippen molar-refractivity contribution in [1.82, 2.24) is 14.2 Å². The predicted octanol–water partition coefficient (Wildman–Crippen LogP) is 3.61. The Morgan fingerprint density at radius 3 is 2.17 bits per heavy atom. The van der Waals surface area contributed by atoms with Gasteiger partial charge in [0.15, 0.2) is 0 Å². The van der Waals surface area contributed by atoms with Crippen LogP contribution in [0.3, 0.4) is 0 Å². The second-order valence-electron chi connectivity index (χ2n) is 4.29. The Balaban J connectivity index is 2.02. The third kappa shape index (κ3) is 1.84. The van der Waals surface area contributed by atoms with Crippen LogP contribution in [0.15, 0.2) is 41.8 Å². The normalized spacial score (nSPS) is 10.8. The highest BCUT2D eigenvalue weighted by atomic mass is 32.1. The van der Waals surface area contributed by atoms with E-state index in [1.807, 2.05) is 5.38 Å². The predicted molar refractivity (Wildman–Crippen MR) is 74.1 cm³/mol. The highest BCUT2D eigenvalue weighted by Gasteiger charge is 2.05. The Morgan fingerprint density at radius 1 is 0.944 bits per heavy atom. The lowest BCUT2D eigenvalue weighted by molar-refractivity contribution is 0.966. The van der Waals surface area contributed by atoms with E-state index in [1.54, 1.807) is 0 Å². The van der Waals surface area contributed by atoms with Gasteiger partial charge in [-0.15, -0.1) is 5.10 Å². The van der Waals surface area contributed by atoms with E-state index in [4.69, 9.17) is 0 Å². The molecule has 3 rings (SSSR count). The van der Waals surface area contributed by atoms with Gasteiger partial charge in [0.05, 0.1) is 0 Å². The van der Waals surface area contributed by atoms with Crippen molar-refractivity contribution in [3.63, 3.8) is 0 Å². The minimum atomic E-state index is 0.938. The zero-order chi connectivity index (χ0) is 12.5. The van der Waals surface area contributed by atoms with Gasteiger partial charge in [0, 0.05) is 28.0 Å².